The van der Waals surface area contributed by atoms with Gasteiger partial charge in [-0.25, -0.2) is 4.68 Å². The number of rotatable bonds is 3. The summed E-state index contributed by atoms with van der Waals surface area (Å²) in [7, 11) is 1.78. The molecule has 0 saturated heterocycles. The predicted molar refractivity (Wildman–Crippen MR) is 49.8 cm³/mol. The lowest BCUT2D eigenvalue weighted by Crippen LogP contribution is -2.04. The summed E-state index contributed by atoms with van der Waals surface area (Å²) in [6.07, 6.45) is 5.99. The smallest absolute Gasteiger partial charge is 0.115 e. The number of aryl methyl sites for hydroxylation is 1. The standard InChI is InChI=1S/C7H12N6/c1-13-7(4-11-12-13)6(2-3-8)10-5-9/h2-6H,8H2,1H3,(H2,9,10)/b3-2+. The third-order valence-electron chi connectivity index (χ3n) is 1.59. The van der Waals surface area contributed by atoms with E-state index in [2.05, 4.69) is 15.3 Å². The average Bonchev–Trinajstić information content (AvgIpc) is 2.51. The van der Waals surface area contributed by atoms with Gasteiger partial charge in [0.05, 0.1) is 18.2 Å². The Balaban J connectivity index is 2.94. The average molecular weight is 180 g/mol. The van der Waals surface area contributed by atoms with Gasteiger partial charge in [0, 0.05) is 7.05 Å². The SMILES string of the molecule is Cn1nncc1C(/C=C/N)N=CN. The van der Waals surface area contributed by atoms with Gasteiger partial charge in [-0.3, -0.25) is 4.99 Å². The number of hydrogen-bond donors (Lipinski definition) is 2. The van der Waals surface area contributed by atoms with Gasteiger partial charge in [-0.1, -0.05) is 5.21 Å². The van der Waals surface area contributed by atoms with Gasteiger partial charge in [0.2, 0.25) is 0 Å². The van der Waals surface area contributed by atoms with E-state index in [1.54, 1.807) is 24.0 Å². The van der Waals surface area contributed by atoms with Crippen LogP contribution in [0.5, 0.6) is 0 Å². The van der Waals surface area contributed by atoms with Crippen LogP contribution in [0.4, 0.5) is 0 Å². The molecule has 0 aliphatic carbocycles. The van der Waals surface area contributed by atoms with E-state index in [9.17, 15) is 0 Å². The van der Waals surface area contributed by atoms with Gasteiger partial charge in [-0.15, -0.1) is 5.10 Å². The highest BCUT2D eigenvalue weighted by Crippen LogP contribution is 2.15. The normalized spacial score (nSPS) is 14.2. The van der Waals surface area contributed by atoms with Crippen LogP contribution in [0, 0.1) is 0 Å². The van der Waals surface area contributed by atoms with Crippen LogP contribution in [-0.2, 0) is 7.05 Å². The van der Waals surface area contributed by atoms with Gasteiger partial charge in [0.25, 0.3) is 0 Å². The Kier molecular flexibility index (Phi) is 3.02. The molecule has 1 heterocycles. The number of aromatic nitrogens is 3. The lowest BCUT2D eigenvalue weighted by Gasteiger charge is -2.05. The van der Waals surface area contributed by atoms with Crippen LogP contribution in [0.3, 0.4) is 0 Å². The Bertz CT molecular complexity index is 301. The fraction of sp³-hybridized carbons (Fsp3) is 0.286. The minimum atomic E-state index is -0.213. The maximum atomic E-state index is 5.27. The number of nitrogens with two attached hydrogens (primary N) is 2. The molecular formula is C7H12N6. The Labute approximate surface area is 75.9 Å². The van der Waals surface area contributed by atoms with E-state index < -0.39 is 0 Å². The summed E-state index contributed by atoms with van der Waals surface area (Å²) in [5.41, 5.74) is 11.3. The molecule has 1 unspecified atom stereocenters. The first-order valence-corrected chi connectivity index (χ1v) is 3.76. The zero-order valence-corrected chi connectivity index (χ0v) is 7.33. The molecule has 0 saturated carbocycles. The van der Waals surface area contributed by atoms with E-state index in [4.69, 9.17) is 11.5 Å². The summed E-state index contributed by atoms with van der Waals surface area (Å²) in [5, 5.41) is 7.51. The molecule has 1 aromatic rings. The Hall–Kier alpha value is -1.85. The van der Waals surface area contributed by atoms with E-state index in [-0.39, 0.29) is 6.04 Å². The van der Waals surface area contributed by atoms with Crippen LogP contribution >= 0.6 is 0 Å². The molecule has 0 amide bonds. The summed E-state index contributed by atoms with van der Waals surface area (Å²) >= 11 is 0. The first-order valence-electron chi connectivity index (χ1n) is 3.76. The maximum Gasteiger partial charge on any atom is 0.115 e. The molecule has 70 valence electrons. The number of nitrogens with zero attached hydrogens (tertiary/aromatic N) is 4. The zero-order valence-electron chi connectivity index (χ0n) is 7.33. The second kappa shape index (κ2) is 4.24. The van der Waals surface area contributed by atoms with E-state index in [1.165, 1.54) is 12.5 Å². The van der Waals surface area contributed by atoms with Crippen LogP contribution < -0.4 is 11.5 Å². The molecule has 1 aromatic heterocycles. The number of hydrogen-bond acceptors (Lipinski definition) is 4. The minimum absolute atomic E-state index is 0.213. The van der Waals surface area contributed by atoms with Crippen molar-refractivity contribution in [2.75, 3.05) is 0 Å². The molecule has 13 heavy (non-hydrogen) atoms. The van der Waals surface area contributed by atoms with Crippen LogP contribution in [0.1, 0.15) is 11.7 Å². The molecule has 0 fully saturated rings. The number of aliphatic imine (C=N–C) groups is 1. The van der Waals surface area contributed by atoms with Crippen molar-refractivity contribution in [3.63, 3.8) is 0 Å². The Morgan fingerprint density at radius 3 is 2.85 bits per heavy atom. The topological polar surface area (TPSA) is 95.1 Å². The molecule has 6 heteroatoms. The van der Waals surface area contributed by atoms with Crippen molar-refractivity contribution in [2.45, 2.75) is 6.04 Å². The van der Waals surface area contributed by atoms with Gasteiger partial charge in [0.15, 0.2) is 0 Å². The predicted octanol–water partition coefficient (Wildman–Crippen LogP) is -0.684. The molecule has 4 N–H and O–H groups in total. The molecule has 0 aliphatic heterocycles. The van der Waals surface area contributed by atoms with E-state index in [0.29, 0.717) is 0 Å². The van der Waals surface area contributed by atoms with Crippen LogP contribution in [-0.4, -0.2) is 21.3 Å². The van der Waals surface area contributed by atoms with Crippen LogP contribution in [0.15, 0.2) is 23.5 Å². The fourth-order valence-corrected chi connectivity index (χ4v) is 0.988. The minimum Gasteiger partial charge on any atom is -0.405 e. The first kappa shape index (κ1) is 9.24. The van der Waals surface area contributed by atoms with Gasteiger partial charge in [-0.2, -0.15) is 0 Å². The monoisotopic (exact) mass is 180 g/mol. The fourth-order valence-electron chi connectivity index (χ4n) is 0.988. The molecule has 0 radical (unpaired) electrons. The lowest BCUT2D eigenvalue weighted by molar-refractivity contribution is 0.658. The van der Waals surface area contributed by atoms with Crippen molar-refractivity contribution < 1.29 is 0 Å². The Morgan fingerprint density at radius 2 is 2.38 bits per heavy atom. The van der Waals surface area contributed by atoms with Crippen molar-refractivity contribution in [3.8, 4) is 0 Å². The molecule has 1 atom stereocenters. The van der Waals surface area contributed by atoms with Crippen LogP contribution in [0.25, 0.3) is 0 Å². The molecule has 0 spiro atoms. The summed E-state index contributed by atoms with van der Waals surface area (Å²) < 4.78 is 1.62. The highest BCUT2D eigenvalue weighted by atomic mass is 15.4. The Morgan fingerprint density at radius 1 is 1.62 bits per heavy atom. The molecular weight excluding hydrogens is 168 g/mol. The van der Waals surface area contributed by atoms with Gasteiger partial charge in [0.1, 0.15) is 6.04 Å². The first-order chi connectivity index (χ1) is 6.29. The van der Waals surface area contributed by atoms with Gasteiger partial charge in [-0.05, 0) is 12.3 Å². The largest absolute Gasteiger partial charge is 0.405 e. The van der Waals surface area contributed by atoms with E-state index in [1.807, 2.05) is 0 Å². The second-order valence-electron chi connectivity index (χ2n) is 2.41. The maximum absolute atomic E-state index is 5.27. The van der Waals surface area contributed by atoms with Crippen molar-refractivity contribution in [2.24, 2.45) is 23.5 Å². The summed E-state index contributed by atoms with van der Waals surface area (Å²) in [6, 6.07) is -0.213. The summed E-state index contributed by atoms with van der Waals surface area (Å²) in [6.45, 7) is 0. The third-order valence-corrected chi connectivity index (χ3v) is 1.59. The molecule has 6 nitrogen and oxygen atoms in total. The summed E-state index contributed by atoms with van der Waals surface area (Å²) in [5.74, 6) is 0. The van der Waals surface area contributed by atoms with Crippen molar-refractivity contribution in [3.05, 3.63) is 24.2 Å². The van der Waals surface area contributed by atoms with Crippen molar-refractivity contribution in [1.82, 2.24) is 15.0 Å². The molecule has 0 bridgehead atoms. The van der Waals surface area contributed by atoms with Gasteiger partial charge < -0.3 is 11.5 Å². The molecule has 1 rings (SSSR count). The van der Waals surface area contributed by atoms with E-state index in [0.717, 1.165) is 5.69 Å². The van der Waals surface area contributed by atoms with Crippen molar-refractivity contribution in [1.29, 1.82) is 0 Å². The second-order valence-corrected chi connectivity index (χ2v) is 2.41. The summed E-state index contributed by atoms with van der Waals surface area (Å²) in [4.78, 5) is 4.00. The van der Waals surface area contributed by atoms with Crippen LogP contribution in [0.2, 0.25) is 0 Å². The zero-order chi connectivity index (χ0) is 9.68. The van der Waals surface area contributed by atoms with E-state index >= 15 is 0 Å². The van der Waals surface area contributed by atoms with Crippen molar-refractivity contribution >= 4 is 6.34 Å². The highest BCUT2D eigenvalue weighted by molar-refractivity contribution is 5.52. The molecule has 0 aromatic carbocycles. The quantitative estimate of drug-likeness (QED) is 0.475. The molecule has 0 aliphatic rings. The highest BCUT2D eigenvalue weighted by Gasteiger charge is 2.09. The van der Waals surface area contributed by atoms with Gasteiger partial charge >= 0.3 is 0 Å². The third kappa shape index (κ3) is 2.05. The lowest BCUT2D eigenvalue weighted by atomic mass is 10.2.